The number of nitrogens with one attached hydrogen (secondary N) is 1. The molecule has 62 heavy (non-hydrogen) atoms. The maximum atomic E-state index is 15.0. The lowest BCUT2D eigenvalue weighted by molar-refractivity contribution is -0.142. The summed E-state index contributed by atoms with van der Waals surface area (Å²) in [6.07, 6.45) is 8.41. The molecular weight excluding hydrogens is 821 g/mol. The van der Waals surface area contributed by atoms with Crippen LogP contribution in [0.2, 0.25) is 0 Å². The Hall–Kier alpha value is -5.40. The Morgan fingerprint density at radius 2 is 1.74 bits per heavy atom. The van der Waals surface area contributed by atoms with Crippen LogP contribution in [0.3, 0.4) is 0 Å². The average molecular weight is 875 g/mol. The minimum atomic E-state index is -4.20. The number of rotatable bonds is 10. The predicted octanol–water partition coefficient (Wildman–Crippen LogP) is 9.00. The predicted molar refractivity (Wildman–Crippen MR) is 241 cm³/mol. The third-order valence-corrected chi connectivity index (χ3v) is 15.0. The molecule has 3 aromatic carbocycles. The first kappa shape index (κ1) is 43.3. The second-order valence-electron chi connectivity index (χ2n) is 17.3. The first-order chi connectivity index (χ1) is 29.9. The molecule has 2 amide bonds. The summed E-state index contributed by atoms with van der Waals surface area (Å²) in [4.78, 5) is 55.7. The number of ketones is 1. The van der Waals surface area contributed by atoms with E-state index < -0.39 is 33.5 Å². The van der Waals surface area contributed by atoms with Gasteiger partial charge in [-0.05, 0) is 80.7 Å². The molecule has 0 unspecified atom stereocenters. The van der Waals surface area contributed by atoms with Crippen LogP contribution < -0.4 is 14.2 Å². The van der Waals surface area contributed by atoms with Crippen LogP contribution in [-0.4, -0.2) is 66.7 Å². The molecule has 5 atom stereocenters. The summed E-state index contributed by atoms with van der Waals surface area (Å²) in [7, 11) is -2.57. The number of amides is 2. The summed E-state index contributed by atoms with van der Waals surface area (Å²) in [5.41, 5.74) is 2.93. The zero-order chi connectivity index (χ0) is 43.6. The van der Waals surface area contributed by atoms with Gasteiger partial charge in [0.2, 0.25) is 11.8 Å². The number of hydrogen-bond donors (Lipinski definition) is 1. The maximum Gasteiger partial charge on any atom is 0.264 e. The van der Waals surface area contributed by atoms with Gasteiger partial charge >= 0.3 is 0 Å². The van der Waals surface area contributed by atoms with Crippen molar-refractivity contribution in [1.82, 2.24) is 19.6 Å². The minimum absolute atomic E-state index is 0.0337. The van der Waals surface area contributed by atoms with E-state index in [-0.39, 0.29) is 53.7 Å². The van der Waals surface area contributed by atoms with Gasteiger partial charge in [0.1, 0.15) is 28.3 Å². The lowest BCUT2D eigenvalue weighted by atomic mass is 9.90. The zero-order valence-corrected chi connectivity index (χ0v) is 37.3. The van der Waals surface area contributed by atoms with Crippen molar-refractivity contribution in [2.75, 3.05) is 13.7 Å². The van der Waals surface area contributed by atoms with Gasteiger partial charge in [-0.25, -0.2) is 23.1 Å². The normalized spacial score (nSPS) is 23.9. The summed E-state index contributed by atoms with van der Waals surface area (Å²) in [5.74, 6) is -0.329. The van der Waals surface area contributed by atoms with Crippen molar-refractivity contribution in [2.45, 2.75) is 102 Å². The number of nitrogens with zero attached hydrogens (tertiary/aromatic N) is 3. The topological polar surface area (TPSA) is 145 Å². The molecule has 4 heterocycles. The van der Waals surface area contributed by atoms with E-state index in [9.17, 15) is 18.0 Å². The minimum Gasteiger partial charge on any atom is -0.496 e. The zero-order valence-electron chi connectivity index (χ0n) is 35.7. The molecule has 1 saturated heterocycles. The summed E-state index contributed by atoms with van der Waals surface area (Å²) < 4.78 is 41.8. The molecule has 324 valence electrons. The molecule has 1 N–H and O–H groups in total. The number of pyridine rings is 1. The summed E-state index contributed by atoms with van der Waals surface area (Å²) in [5, 5.41) is 3.56. The molecule has 3 aliphatic rings. The summed E-state index contributed by atoms with van der Waals surface area (Å²) in [6.45, 7) is 6.31. The van der Waals surface area contributed by atoms with Crippen molar-refractivity contribution in [2.24, 2.45) is 17.3 Å². The van der Waals surface area contributed by atoms with Crippen LogP contribution in [0.25, 0.3) is 21.6 Å². The molecule has 2 aliphatic heterocycles. The van der Waals surface area contributed by atoms with Gasteiger partial charge in [-0.1, -0.05) is 87.4 Å². The molecule has 0 spiro atoms. The second-order valence-corrected chi connectivity index (χ2v) is 19.9. The van der Waals surface area contributed by atoms with Gasteiger partial charge in [-0.3, -0.25) is 14.4 Å². The van der Waals surface area contributed by atoms with E-state index in [0.717, 1.165) is 52.9 Å². The Labute approximate surface area is 368 Å². The maximum absolute atomic E-state index is 15.0. The number of aromatic nitrogens is 2. The molecule has 2 fully saturated rings. The van der Waals surface area contributed by atoms with Crippen molar-refractivity contribution in [3.63, 3.8) is 0 Å². The SMILES string of the molecule is COc1ccc2c(O[C@@H]3C[C@H]4C(=O)C[C@]5(C(=O)NS(=O)(=O)c6ccccc6)C[C@@H]5/C=C\CCCCC[C@H](Cc5ccccc5)C(=O)N4C3)cc(-c3nc(C(C)C)cs3)nc2c1C. The summed E-state index contributed by atoms with van der Waals surface area (Å²) >= 11 is 1.52. The number of ether oxygens (including phenoxy) is 2. The fraction of sp³-hybridized carbons (Fsp3) is 0.408. The van der Waals surface area contributed by atoms with Crippen molar-refractivity contribution in [3.05, 3.63) is 113 Å². The average Bonchev–Trinajstić information content (AvgIpc) is 3.54. The van der Waals surface area contributed by atoms with E-state index in [0.29, 0.717) is 42.0 Å². The van der Waals surface area contributed by atoms with Gasteiger partial charge in [-0.2, -0.15) is 0 Å². The molecule has 1 aliphatic carbocycles. The van der Waals surface area contributed by atoms with Gasteiger partial charge in [0.05, 0.1) is 41.2 Å². The molecule has 8 rings (SSSR count). The molecule has 0 bridgehead atoms. The van der Waals surface area contributed by atoms with Gasteiger partial charge in [0, 0.05) is 41.2 Å². The Morgan fingerprint density at radius 1 is 0.984 bits per heavy atom. The summed E-state index contributed by atoms with van der Waals surface area (Å²) in [6, 6.07) is 22.5. The van der Waals surface area contributed by atoms with Crippen LogP contribution in [0.5, 0.6) is 11.5 Å². The van der Waals surface area contributed by atoms with E-state index in [4.69, 9.17) is 19.4 Å². The fourth-order valence-corrected chi connectivity index (χ4v) is 11.1. The number of aryl methyl sites for hydroxylation is 1. The highest BCUT2D eigenvalue weighted by molar-refractivity contribution is 7.90. The number of methoxy groups -OCH3 is 1. The number of Topliss-reactive ketones (excluding diaryl/α,β-unsaturated/α-hetero) is 1. The molecule has 13 heteroatoms. The number of carbonyl (C=O) groups is 3. The quantitative estimate of drug-likeness (QED) is 0.136. The van der Waals surface area contributed by atoms with Crippen LogP contribution >= 0.6 is 11.3 Å². The van der Waals surface area contributed by atoms with Crippen LogP contribution in [0.15, 0.2) is 101 Å². The number of fused-ring (bicyclic) bond motifs is 3. The van der Waals surface area contributed by atoms with E-state index in [2.05, 4.69) is 18.6 Å². The van der Waals surface area contributed by atoms with Crippen molar-refractivity contribution < 1.29 is 32.3 Å². The van der Waals surface area contributed by atoms with Gasteiger partial charge in [0.15, 0.2) is 5.78 Å². The number of thiazole rings is 1. The standard InChI is InChI=1S/C49H54N4O7S2/c1-31(2)40-30-61-46(51-40)39-26-44(38-22-23-43(59-4)32(3)45(38)50-39)60-36-25-41-42(54)28-49(48(56)52-62(57,58)37-20-14-9-15-21-37)27-35(49)19-13-7-5-6-12-18-34(47(55)53(41)29-36)24-33-16-10-8-11-17-33/h8-11,13-17,19-23,26,30-31,34-36,41H,5-7,12,18,24-25,27-29H2,1-4H3,(H,52,56)/b19-13-/t34-,35+,36-,41+,49-/m1/s1. The molecule has 11 nitrogen and oxygen atoms in total. The number of benzene rings is 3. The second kappa shape index (κ2) is 18.1. The number of carbonyl (C=O) groups excluding carboxylic acids is 3. The first-order valence-electron chi connectivity index (χ1n) is 21.6. The van der Waals surface area contributed by atoms with E-state index >= 15 is 4.79 Å². The van der Waals surface area contributed by atoms with Crippen molar-refractivity contribution >= 4 is 49.9 Å². The van der Waals surface area contributed by atoms with Crippen molar-refractivity contribution in [1.29, 1.82) is 0 Å². The van der Waals surface area contributed by atoms with Gasteiger partial charge in [0.25, 0.3) is 10.0 Å². The Balaban J connectivity index is 1.15. The number of sulfonamides is 1. The molecule has 2 aromatic heterocycles. The highest BCUT2D eigenvalue weighted by atomic mass is 32.2. The van der Waals surface area contributed by atoms with Gasteiger partial charge < -0.3 is 14.4 Å². The van der Waals surface area contributed by atoms with Crippen LogP contribution in [0, 0.1) is 24.2 Å². The highest BCUT2D eigenvalue weighted by Gasteiger charge is 2.61. The Bertz CT molecular complexity index is 2590. The Morgan fingerprint density at radius 3 is 2.47 bits per heavy atom. The molecular formula is C49H54N4O7S2. The Kier molecular flexibility index (Phi) is 12.7. The lowest BCUT2D eigenvalue weighted by Crippen LogP contribution is -2.46. The molecule has 0 radical (unpaired) electrons. The first-order valence-corrected chi connectivity index (χ1v) is 24.0. The van der Waals surface area contributed by atoms with Crippen LogP contribution in [0.1, 0.15) is 88.0 Å². The van der Waals surface area contributed by atoms with Crippen LogP contribution in [-0.2, 0) is 30.8 Å². The van der Waals surface area contributed by atoms with Crippen molar-refractivity contribution in [3.8, 4) is 22.2 Å². The van der Waals surface area contributed by atoms with Gasteiger partial charge in [-0.15, -0.1) is 11.3 Å². The lowest BCUT2D eigenvalue weighted by Gasteiger charge is -2.29. The van der Waals surface area contributed by atoms with E-state index in [1.54, 1.807) is 30.2 Å². The number of hydrogen-bond acceptors (Lipinski definition) is 10. The largest absolute Gasteiger partial charge is 0.496 e. The fourth-order valence-electron chi connectivity index (χ4n) is 9.07. The third kappa shape index (κ3) is 9.06. The van der Waals surface area contributed by atoms with Crippen LogP contribution in [0.4, 0.5) is 0 Å². The van der Waals surface area contributed by atoms with E-state index in [1.807, 2.05) is 73.0 Å². The highest BCUT2D eigenvalue weighted by Crippen LogP contribution is 2.57. The molecule has 1 saturated carbocycles. The molecule has 5 aromatic rings. The third-order valence-electron chi connectivity index (χ3n) is 12.7. The smallest absolute Gasteiger partial charge is 0.264 e. The number of allylic oxidation sites excluding steroid dienone is 2. The van der Waals surface area contributed by atoms with E-state index in [1.165, 1.54) is 23.5 Å². The monoisotopic (exact) mass is 874 g/mol.